The van der Waals surface area contributed by atoms with Crippen molar-refractivity contribution in [1.82, 2.24) is 0 Å². The number of Topliss-reactive ketones (excluding diaryl/α,β-unsaturated/α-hetero) is 1. The minimum atomic E-state index is -1.01. The van der Waals surface area contributed by atoms with E-state index in [1.54, 1.807) is 26.0 Å². The van der Waals surface area contributed by atoms with E-state index in [9.17, 15) is 13.4 Å². The van der Waals surface area contributed by atoms with Gasteiger partial charge in [-0.2, -0.15) is 0 Å². The fourth-order valence-corrected chi connectivity index (χ4v) is 3.38. The molecule has 1 aliphatic heterocycles. The first kappa shape index (κ1) is 17.4. The highest BCUT2D eigenvalue weighted by atomic mass is 32.1. The molecule has 0 saturated carbocycles. The molecule has 0 spiro atoms. The molecular weight excluding hydrogens is 339 g/mol. The number of ether oxygens (including phenoxy) is 1. The van der Waals surface area contributed by atoms with Crippen LogP contribution in [0, 0.1) is 12.7 Å². The molecule has 0 amide bonds. The van der Waals surface area contributed by atoms with Gasteiger partial charge in [-0.3, -0.25) is 4.79 Å². The Hall–Kier alpha value is -2.40. The van der Waals surface area contributed by atoms with E-state index >= 15 is 0 Å². The van der Waals surface area contributed by atoms with Gasteiger partial charge in [0.2, 0.25) is 5.78 Å². The van der Waals surface area contributed by atoms with Crippen molar-refractivity contribution in [3.05, 3.63) is 70.5 Å². The molecule has 1 heterocycles. The molecule has 3 nitrogen and oxygen atoms in total. The van der Waals surface area contributed by atoms with Crippen molar-refractivity contribution in [2.24, 2.45) is 0 Å². The average molecular weight is 357 g/mol. The summed E-state index contributed by atoms with van der Waals surface area (Å²) < 4.78 is 30.4. The maximum Gasteiger partial charge on any atom is 0.463 e. The summed E-state index contributed by atoms with van der Waals surface area (Å²) in [6, 6.07) is 11.6. The van der Waals surface area contributed by atoms with Crippen LogP contribution in [0.3, 0.4) is 0 Å². The number of halogens is 1. The third-order valence-corrected chi connectivity index (χ3v) is 4.72. The molecule has 2 aromatic rings. The normalized spacial score (nSPS) is 16.1. The smallest absolute Gasteiger partial charge is 0.463 e. The van der Waals surface area contributed by atoms with Crippen LogP contribution in [-0.4, -0.2) is 11.4 Å². The molecule has 2 aromatic carbocycles. The summed E-state index contributed by atoms with van der Waals surface area (Å²) in [5.74, 6) is 0.253. The fraction of sp³-hybridized carbons (Fsp3) is 0.250. The van der Waals surface area contributed by atoms with E-state index in [2.05, 4.69) is 0 Å². The lowest BCUT2D eigenvalue weighted by molar-refractivity contribution is -0.125. The van der Waals surface area contributed by atoms with Crippen LogP contribution in [0.15, 0.2) is 42.5 Å². The second-order valence-electron chi connectivity index (χ2n) is 6.56. The Balaban J connectivity index is 2.17. The molecular formula is C20H18FO3S+. The van der Waals surface area contributed by atoms with E-state index in [0.717, 1.165) is 16.7 Å². The molecule has 0 fully saturated rings. The molecule has 0 saturated heterocycles. The van der Waals surface area contributed by atoms with Gasteiger partial charge in [-0.25, -0.2) is 4.39 Å². The van der Waals surface area contributed by atoms with Gasteiger partial charge in [-0.1, -0.05) is 24.3 Å². The Bertz CT molecular complexity index is 900. The Morgan fingerprint density at radius 3 is 2.52 bits per heavy atom. The maximum absolute atomic E-state index is 13.7. The highest BCUT2D eigenvalue weighted by molar-refractivity contribution is 7.64. The summed E-state index contributed by atoms with van der Waals surface area (Å²) in [5.41, 5.74) is 2.52. The van der Waals surface area contributed by atoms with Crippen molar-refractivity contribution in [3.63, 3.8) is 0 Å². The van der Waals surface area contributed by atoms with Gasteiger partial charge in [0.05, 0.1) is 5.57 Å². The number of carbonyl (C=O) groups excluding carboxylic acids is 1. The summed E-state index contributed by atoms with van der Waals surface area (Å²) in [7, 11) is 0. The van der Waals surface area contributed by atoms with Gasteiger partial charge in [0, 0.05) is 15.3 Å². The van der Waals surface area contributed by atoms with Crippen LogP contribution >= 0.6 is 0 Å². The van der Waals surface area contributed by atoms with Crippen LogP contribution in [0.2, 0.25) is 0 Å². The van der Waals surface area contributed by atoms with Crippen LogP contribution in [-0.2, 0) is 31.2 Å². The van der Waals surface area contributed by atoms with Crippen LogP contribution in [0.5, 0.6) is 0 Å². The van der Waals surface area contributed by atoms with Crippen molar-refractivity contribution >= 4 is 28.8 Å². The number of aryl methyl sites for hydroxylation is 1. The Kier molecular flexibility index (Phi) is 4.52. The molecule has 0 bridgehead atoms. The van der Waals surface area contributed by atoms with Crippen molar-refractivity contribution in [3.8, 4) is 0 Å². The van der Waals surface area contributed by atoms with Crippen molar-refractivity contribution in [2.75, 3.05) is 0 Å². The Labute approximate surface area is 150 Å². The van der Waals surface area contributed by atoms with E-state index in [0.29, 0.717) is 34.3 Å². The lowest BCUT2D eigenvalue weighted by Gasteiger charge is -2.18. The van der Waals surface area contributed by atoms with Gasteiger partial charge >= 0.3 is 11.7 Å². The molecule has 0 aliphatic carbocycles. The second kappa shape index (κ2) is 6.48. The molecule has 128 valence electrons. The van der Waals surface area contributed by atoms with Gasteiger partial charge in [0.15, 0.2) is 5.60 Å². The minimum absolute atomic E-state index is 0.176. The molecule has 1 aliphatic rings. The summed E-state index contributed by atoms with van der Waals surface area (Å²) in [6.45, 7) is 5.33. The lowest BCUT2D eigenvalue weighted by atomic mass is 9.92. The van der Waals surface area contributed by atoms with E-state index < -0.39 is 11.4 Å². The van der Waals surface area contributed by atoms with Crippen LogP contribution in [0.4, 0.5) is 4.39 Å². The zero-order chi connectivity index (χ0) is 18.2. The number of ketones is 1. The standard InChI is InChI=1S/C20H18FO3S/c1-12-9-14(7-8-15(12)11-25-23)18-17(19(22)20(2,3)24-18)13-5-4-6-16(21)10-13/h4-10H,11H2,1-3H3/q+1. The van der Waals surface area contributed by atoms with Crippen molar-refractivity contribution in [2.45, 2.75) is 32.1 Å². The van der Waals surface area contributed by atoms with Gasteiger partial charge in [-0.15, -0.1) is 0 Å². The third-order valence-electron chi connectivity index (χ3n) is 4.29. The predicted octanol–water partition coefficient (Wildman–Crippen LogP) is 4.31. The lowest BCUT2D eigenvalue weighted by Crippen LogP contribution is -2.29. The first-order chi connectivity index (χ1) is 11.8. The van der Waals surface area contributed by atoms with Crippen LogP contribution < -0.4 is 0 Å². The molecule has 25 heavy (non-hydrogen) atoms. The number of rotatable bonds is 4. The fourth-order valence-electron chi connectivity index (χ4n) is 2.93. The van der Waals surface area contributed by atoms with Gasteiger partial charge in [0.1, 0.15) is 11.6 Å². The van der Waals surface area contributed by atoms with Gasteiger partial charge in [-0.05, 0) is 50.1 Å². The highest BCUT2D eigenvalue weighted by Crippen LogP contribution is 2.41. The zero-order valence-corrected chi connectivity index (χ0v) is 15.1. The summed E-state index contributed by atoms with van der Waals surface area (Å²) in [5, 5.41) is 0. The van der Waals surface area contributed by atoms with Crippen LogP contribution in [0.1, 0.15) is 36.1 Å². The van der Waals surface area contributed by atoms with Gasteiger partial charge in [0.25, 0.3) is 5.75 Å². The Morgan fingerprint density at radius 1 is 1.12 bits per heavy atom. The van der Waals surface area contributed by atoms with Crippen molar-refractivity contribution in [1.29, 1.82) is 0 Å². The third kappa shape index (κ3) is 3.24. The predicted molar refractivity (Wildman–Crippen MR) is 96.3 cm³/mol. The first-order valence-corrected chi connectivity index (χ1v) is 8.83. The SMILES string of the molecule is Cc1cc(C2=C(c3cccc(F)c3)C(=O)C(C)(C)O2)ccc1C[S+]=O. The molecule has 0 aromatic heterocycles. The average Bonchev–Trinajstić information content (AvgIpc) is 2.80. The van der Waals surface area contributed by atoms with E-state index in [1.165, 1.54) is 12.1 Å². The summed E-state index contributed by atoms with van der Waals surface area (Å²) in [6.07, 6.45) is 0. The molecule has 5 heteroatoms. The molecule has 0 unspecified atom stereocenters. The minimum Gasteiger partial charge on any atom is -0.478 e. The molecule has 0 N–H and O–H groups in total. The number of carbonyl (C=O) groups is 1. The monoisotopic (exact) mass is 357 g/mol. The molecule has 0 radical (unpaired) electrons. The molecule has 0 atom stereocenters. The van der Waals surface area contributed by atoms with E-state index in [4.69, 9.17) is 4.74 Å². The zero-order valence-electron chi connectivity index (χ0n) is 14.3. The number of benzene rings is 2. The quantitative estimate of drug-likeness (QED) is 0.766. The highest BCUT2D eigenvalue weighted by Gasteiger charge is 2.42. The largest absolute Gasteiger partial charge is 0.478 e. The number of hydrogen-bond donors (Lipinski definition) is 0. The Morgan fingerprint density at radius 2 is 1.88 bits per heavy atom. The van der Waals surface area contributed by atoms with Gasteiger partial charge < -0.3 is 4.74 Å². The maximum atomic E-state index is 13.7. The number of hydrogen-bond acceptors (Lipinski definition) is 3. The van der Waals surface area contributed by atoms with Crippen molar-refractivity contribution < 1.29 is 18.1 Å². The molecule has 3 rings (SSSR count). The van der Waals surface area contributed by atoms with E-state index in [-0.39, 0.29) is 5.78 Å². The van der Waals surface area contributed by atoms with E-state index in [1.807, 2.05) is 25.1 Å². The summed E-state index contributed by atoms with van der Waals surface area (Å²) in [4.78, 5) is 12.8. The first-order valence-electron chi connectivity index (χ1n) is 7.92. The second-order valence-corrected chi connectivity index (χ2v) is 7.08. The topological polar surface area (TPSA) is 43.4 Å². The summed E-state index contributed by atoms with van der Waals surface area (Å²) >= 11 is 0.517. The van der Waals surface area contributed by atoms with Crippen LogP contribution in [0.25, 0.3) is 11.3 Å².